The zero-order valence-corrected chi connectivity index (χ0v) is 16.7. The second-order valence-electron chi connectivity index (χ2n) is 6.80. The number of rotatable bonds is 7. The van der Waals surface area contributed by atoms with Crippen LogP contribution in [0, 0.1) is 0 Å². The van der Waals surface area contributed by atoms with Crippen LogP contribution in [0.5, 0.6) is 0 Å². The number of likely N-dealkylation sites (tertiary alicyclic amines) is 1. The van der Waals surface area contributed by atoms with Crippen LogP contribution in [0.25, 0.3) is 0 Å². The van der Waals surface area contributed by atoms with E-state index in [9.17, 15) is 0 Å². The predicted octanol–water partition coefficient (Wildman–Crippen LogP) is 3.77. The third-order valence-corrected chi connectivity index (χ3v) is 6.04. The highest BCUT2D eigenvalue weighted by atomic mass is 32.1. The molecule has 2 N–H and O–H groups in total. The Balaban J connectivity index is 1.44. The van der Waals surface area contributed by atoms with Gasteiger partial charge in [0.15, 0.2) is 5.96 Å². The Morgan fingerprint density at radius 1 is 0.962 bits per heavy atom. The zero-order chi connectivity index (χ0) is 18.2. The van der Waals surface area contributed by atoms with Crippen LogP contribution in [0.15, 0.2) is 41.4 Å². The molecule has 0 radical (unpaired) electrons. The predicted molar refractivity (Wildman–Crippen MR) is 112 cm³/mol. The third kappa shape index (κ3) is 5.58. The molecule has 4 nitrogen and oxygen atoms in total. The van der Waals surface area contributed by atoms with Crippen LogP contribution >= 0.6 is 11.3 Å². The van der Waals surface area contributed by atoms with E-state index in [-0.39, 0.29) is 0 Å². The first-order chi connectivity index (χ1) is 12.8. The second-order valence-corrected chi connectivity index (χ2v) is 8.05. The molecule has 0 unspecified atom stereocenters. The summed E-state index contributed by atoms with van der Waals surface area (Å²) in [5.41, 5.74) is 2.69. The van der Waals surface area contributed by atoms with E-state index in [2.05, 4.69) is 63.8 Å². The number of nitrogens with one attached hydrogen (secondary N) is 2. The van der Waals surface area contributed by atoms with Gasteiger partial charge in [0.05, 0.1) is 6.54 Å². The maximum atomic E-state index is 4.32. The molecule has 2 aromatic rings. The normalized spacial score (nSPS) is 15.4. The number of guanidine groups is 1. The van der Waals surface area contributed by atoms with Gasteiger partial charge in [0.25, 0.3) is 0 Å². The maximum absolute atomic E-state index is 4.32. The van der Waals surface area contributed by atoms with Gasteiger partial charge in [0, 0.05) is 29.9 Å². The minimum Gasteiger partial charge on any atom is -0.352 e. The van der Waals surface area contributed by atoms with E-state index >= 15 is 0 Å². The van der Waals surface area contributed by atoms with Crippen molar-refractivity contribution in [2.45, 2.75) is 45.8 Å². The average Bonchev–Trinajstić information content (AvgIpc) is 3.35. The summed E-state index contributed by atoms with van der Waals surface area (Å²) >= 11 is 1.86. The smallest absolute Gasteiger partial charge is 0.191 e. The molecule has 0 amide bonds. The van der Waals surface area contributed by atoms with E-state index < -0.39 is 0 Å². The summed E-state index contributed by atoms with van der Waals surface area (Å²) in [5, 5.41) is 6.80. The lowest BCUT2D eigenvalue weighted by atomic mass is 10.1. The first kappa shape index (κ1) is 18.9. The molecular weight excluding hydrogens is 340 g/mol. The van der Waals surface area contributed by atoms with E-state index in [4.69, 9.17) is 0 Å². The Bertz CT molecular complexity index is 699. The van der Waals surface area contributed by atoms with Gasteiger partial charge in [-0.25, -0.2) is 0 Å². The van der Waals surface area contributed by atoms with Crippen LogP contribution in [0.1, 0.15) is 40.6 Å². The maximum Gasteiger partial charge on any atom is 0.191 e. The van der Waals surface area contributed by atoms with Crippen LogP contribution < -0.4 is 10.6 Å². The molecule has 1 aromatic heterocycles. The molecule has 0 saturated carbocycles. The molecule has 5 heteroatoms. The fourth-order valence-corrected chi connectivity index (χ4v) is 4.14. The molecule has 1 aliphatic rings. The van der Waals surface area contributed by atoms with Crippen LogP contribution in [-0.4, -0.2) is 31.0 Å². The van der Waals surface area contributed by atoms with Crippen molar-refractivity contribution in [3.05, 3.63) is 57.3 Å². The van der Waals surface area contributed by atoms with Crippen LogP contribution in [-0.2, 0) is 26.1 Å². The Morgan fingerprint density at radius 3 is 2.27 bits per heavy atom. The van der Waals surface area contributed by atoms with Crippen molar-refractivity contribution in [1.82, 2.24) is 15.5 Å². The lowest BCUT2D eigenvalue weighted by Crippen LogP contribution is -2.36. The zero-order valence-electron chi connectivity index (χ0n) is 15.9. The lowest BCUT2D eigenvalue weighted by Gasteiger charge is -2.15. The summed E-state index contributed by atoms with van der Waals surface area (Å²) < 4.78 is 0. The van der Waals surface area contributed by atoms with Crippen molar-refractivity contribution in [1.29, 1.82) is 0 Å². The average molecular weight is 371 g/mol. The number of aryl methyl sites for hydroxylation is 1. The van der Waals surface area contributed by atoms with Crippen LogP contribution in [0.2, 0.25) is 0 Å². The molecule has 0 spiro atoms. The van der Waals surface area contributed by atoms with Gasteiger partial charge < -0.3 is 10.6 Å². The molecule has 0 aliphatic carbocycles. The minimum absolute atomic E-state index is 0.786. The molecule has 140 valence electrons. The molecule has 1 aliphatic heterocycles. The number of nitrogens with zero attached hydrogens (tertiary/aromatic N) is 2. The van der Waals surface area contributed by atoms with Crippen molar-refractivity contribution in [2.24, 2.45) is 4.99 Å². The second kappa shape index (κ2) is 9.74. The molecule has 0 atom stereocenters. The molecule has 3 rings (SSSR count). The minimum atomic E-state index is 0.786. The van der Waals surface area contributed by atoms with Gasteiger partial charge >= 0.3 is 0 Å². The van der Waals surface area contributed by atoms with E-state index in [1.165, 1.54) is 46.8 Å². The molecule has 26 heavy (non-hydrogen) atoms. The SMILES string of the molecule is CCc1ccc(CNC(=NC)NCc2ccc(CN3CCCC3)cc2)s1. The summed E-state index contributed by atoms with van der Waals surface area (Å²) in [6.45, 7) is 7.37. The molecule has 2 heterocycles. The van der Waals surface area contributed by atoms with Gasteiger partial charge in [-0.2, -0.15) is 0 Å². The largest absolute Gasteiger partial charge is 0.352 e. The van der Waals surface area contributed by atoms with Crippen molar-refractivity contribution in [2.75, 3.05) is 20.1 Å². The van der Waals surface area contributed by atoms with Crippen LogP contribution in [0.4, 0.5) is 0 Å². The van der Waals surface area contributed by atoms with E-state index in [1.54, 1.807) is 0 Å². The van der Waals surface area contributed by atoms with Gasteiger partial charge in [-0.05, 0) is 55.6 Å². The number of aliphatic imine (C=N–C) groups is 1. The number of thiophene rings is 1. The van der Waals surface area contributed by atoms with Gasteiger partial charge in [-0.15, -0.1) is 11.3 Å². The molecule has 0 bridgehead atoms. The van der Waals surface area contributed by atoms with E-state index in [1.807, 2.05) is 18.4 Å². The fraction of sp³-hybridized carbons (Fsp3) is 0.476. The molecular formula is C21H30N4S. The van der Waals surface area contributed by atoms with Gasteiger partial charge in [-0.3, -0.25) is 9.89 Å². The number of benzene rings is 1. The fourth-order valence-electron chi connectivity index (χ4n) is 3.25. The first-order valence-corrected chi connectivity index (χ1v) is 10.4. The third-order valence-electron chi connectivity index (χ3n) is 4.81. The summed E-state index contributed by atoms with van der Waals surface area (Å²) in [6, 6.07) is 13.4. The first-order valence-electron chi connectivity index (χ1n) is 9.59. The summed E-state index contributed by atoms with van der Waals surface area (Å²) in [4.78, 5) is 9.63. The van der Waals surface area contributed by atoms with Crippen molar-refractivity contribution < 1.29 is 0 Å². The topological polar surface area (TPSA) is 39.7 Å². The monoisotopic (exact) mass is 370 g/mol. The lowest BCUT2D eigenvalue weighted by molar-refractivity contribution is 0.331. The standard InChI is InChI=1S/C21H30N4S/c1-3-19-10-11-20(26-19)15-24-21(22-2)23-14-17-6-8-18(9-7-17)16-25-12-4-5-13-25/h6-11H,3-5,12-16H2,1-2H3,(H2,22,23,24). The summed E-state index contributed by atoms with van der Waals surface area (Å²) in [7, 11) is 1.82. The highest BCUT2D eigenvalue weighted by molar-refractivity contribution is 7.11. The summed E-state index contributed by atoms with van der Waals surface area (Å²) in [5.74, 6) is 0.845. The Morgan fingerprint density at radius 2 is 1.62 bits per heavy atom. The van der Waals surface area contributed by atoms with Gasteiger partial charge in [0.2, 0.25) is 0 Å². The highest BCUT2D eigenvalue weighted by Gasteiger charge is 2.11. The van der Waals surface area contributed by atoms with E-state index in [0.717, 1.165) is 32.0 Å². The highest BCUT2D eigenvalue weighted by Crippen LogP contribution is 2.16. The van der Waals surface area contributed by atoms with E-state index in [0.29, 0.717) is 0 Å². The summed E-state index contributed by atoms with van der Waals surface area (Å²) in [6.07, 6.45) is 3.80. The number of hydrogen-bond acceptors (Lipinski definition) is 3. The molecule has 1 fully saturated rings. The molecule has 1 saturated heterocycles. The molecule has 1 aromatic carbocycles. The van der Waals surface area contributed by atoms with Crippen molar-refractivity contribution >= 4 is 17.3 Å². The van der Waals surface area contributed by atoms with Gasteiger partial charge in [0.1, 0.15) is 0 Å². The van der Waals surface area contributed by atoms with Crippen LogP contribution in [0.3, 0.4) is 0 Å². The Hall–Kier alpha value is -1.85. The van der Waals surface area contributed by atoms with Gasteiger partial charge in [-0.1, -0.05) is 31.2 Å². The van der Waals surface area contributed by atoms with Crippen molar-refractivity contribution in [3.63, 3.8) is 0 Å². The Kier molecular flexibility index (Phi) is 7.09. The number of hydrogen-bond donors (Lipinski definition) is 2. The quantitative estimate of drug-likeness (QED) is 0.576. The Labute approximate surface area is 161 Å². The van der Waals surface area contributed by atoms with Crippen molar-refractivity contribution in [3.8, 4) is 0 Å².